The summed E-state index contributed by atoms with van der Waals surface area (Å²) < 4.78 is 11.8. The quantitative estimate of drug-likeness (QED) is 0.703. The zero-order chi connectivity index (χ0) is 9.68. The van der Waals surface area contributed by atoms with E-state index in [9.17, 15) is 4.39 Å². The fourth-order valence-corrected chi connectivity index (χ4v) is 0.855. The van der Waals surface area contributed by atoms with Crippen LogP contribution in [0.4, 0.5) is 16.3 Å². The summed E-state index contributed by atoms with van der Waals surface area (Å²) in [5.74, 6) is 0.847. The Bertz CT molecular complexity index is 282. The van der Waals surface area contributed by atoms with Gasteiger partial charge in [-0.25, -0.2) is 4.39 Å². The van der Waals surface area contributed by atoms with Crippen LogP contribution >= 0.6 is 11.6 Å². The maximum Gasteiger partial charge on any atom is 0.227 e. The number of nitrogen functional groups attached to an aromatic ring is 1. The zero-order valence-electron chi connectivity index (χ0n) is 6.80. The van der Waals surface area contributed by atoms with Gasteiger partial charge in [0.2, 0.25) is 11.9 Å². The highest BCUT2D eigenvalue weighted by Gasteiger charge is 2.01. The molecule has 0 aliphatic rings. The van der Waals surface area contributed by atoms with E-state index in [1.165, 1.54) is 0 Å². The van der Waals surface area contributed by atoms with Gasteiger partial charge in [0.25, 0.3) is 0 Å². The molecule has 0 aliphatic carbocycles. The zero-order valence-corrected chi connectivity index (χ0v) is 7.55. The monoisotopic (exact) mass is 205 g/mol. The van der Waals surface area contributed by atoms with Crippen molar-refractivity contribution in [2.24, 2.45) is 0 Å². The number of nitrogens with zero attached hydrogens (tertiary/aromatic N) is 3. The van der Waals surface area contributed by atoms with Crippen molar-refractivity contribution in [1.29, 1.82) is 0 Å². The predicted octanol–water partition coefficient (Wildman–Crippen LogP) is 0.574. The minimum Gasteiger partial charge on any atom is -0.368 e. The summed E-state index contributed by atoms with van der Waals surface area (Å²) in [4.78, 5) is 11.4. The number of nitrogens with two attached hydrogens (primary N) is 1. The van der Waals surface area contributed by atoms with Crippen LogP contribution in [0.5, 0.6) is 0 Å². The van der Waals surface area contributed by atoms with Gasteiger partial charge in [0, 0.05) is 6.54 Å². The molecule has 0 aliphatic heterocycles. The first-order chi connectivity index (χ1) is 6.26. The average molecular weight is 206 g/mol. The van der Waals surface area contributed by atoms with Gasteiger partial charge in [0.1, 0.15) is 6.67 Å². The molecule has 3 N–H and O–H groups in total. The Morgan fingerprint density at radius 3 is 2.77 bits per heavy atom. The van der Waals surface area contributed by atoms with E-state index in [0.29, 0.717) is 5.82 Å². The van der Waals surface area contributed by atoms with Crippen molar-refractivity contribution in [2.45, 2.75) is 5.88 Å². The number of alkyl halides is 2. The lowest BCUT2D eigenvalue weighted by Gasteiger charge is -2.03. The smallest absolute Gasteiger partial charge is 0.227 e. The lowest BCUT2D eigenvalue weighted by Crippen LogP contribution is -2.10. The summed E-state index contributed by atoms with van der Waals surface area (Å²) in [6.07, 6.45) is 0. The Morgan fingerprint density at radius 2 is 2.15 bits per heavy atom. The topological polar surface area (TPSA) is 76.7 Å². The molecular formula is C6H9ClFN5. The molecule has 0 fully saturated rings. The van der Waals surface area contributed by atoms with E-state index >= 15 is 0 Å². The Balaban J connectivity index is 2.76. The van der Waals surface area contributed by atoms with E-state index < -0.39 is 6.67 Å². The summed E-state index contributed by atoms with van der Waals surface area (Å²) in [5.41, 5.74) is 5.35. The minimum absolute atomic E-state index is 0.0759. The number of rotatable bonds is 4. The van der Waals surface area contributed by atoms with Crippen LogP contribution in [0.2, 0.25) is 0 Å². The molecule has 0 radical (unpaired) electrons. The van der Waals surface area contributed by atoms with E-state index in [0.717, 1.165) is 0 Å². The number of hydrogen-bond donors (Lipinski definition) is 2. The average Bonchev–Trinajstić information content (AvgIpc) is 2.14. The predicted molar refractivity (Wildman–Crippen MR) is 48.3 cm³/mol. The summed E-state index contributed by atoms with van der Waals surface area (Å²) in [7, 11) is 0. The molecule has 0 spiro atoms. The molecule has 5 nitrogen and oxygen atoms in total. The lowest BCUT2D eigenvalue weighted by molar-refractivity contribution is 0.512. The number of nitrogens with one attached hydrogen (secondary N) is 1. The standard InChI is InChI=1S/C6H9ClFN5/c7-3-4-11-5(9)13-6(12-4)10-2-1-8/h1-3H2,(H3,9,10,11,12,13). The van der Waals surface area contributed by atoms with Gasteiger partial charge in [-0.1, -0.05) is 0 Å². The van der Waals surface area contributed by atoms with E-state index in [1.807, 2.05) is 0 Å². The van der Waals surface area contributed by atoms with Crippen LogP contribution in [0.3, 0.4) is 0 Å². The molecule has 0 bridgehead atoms. The lowest BCUT2D eigenvalue weighted by atomic mass is 10.6. The molecule has 1 rings (SSSR count). The molecule has 0 aromatic carbocycles. The minimum atomic E-state index is -0.498. The molecule has 1 aromatic rings. The largest absolute Gasteiger partial charge is 0.368 e. The Labute approximate surface area is 79.5 Å². The second-order valence-electron chi connectivity index (χ2n) is 2.18. The fourth-order valence-electron chi connectivity index (χ4n) is 0.736. The van der Waals surface area contributed by atoms with Gasteiger partial charge in [-0.15, -0.1) is 11.6 Å². The Morgan fingerprint density at radius 1 is 1.38 bits per heavy atom. The molecule has 0 amide bonds. The van der Waals surface area contributed by atoms with E-state index in [2.05, 4.69) is 20.3 Å². The molecule has 0 atom stereocenters. The van der Waals surface area contributed by atoms with Gasteiger partial charge in [0.15, 0.2) is 5.82 Å². The van der Waals surface area contributed by atoms with Crippen molar-refractivity contribution in [1.82, 2.24) is 15.0 Å². The van der Waals surface area contributed by atoms with Gasteiger partial charge >= 0.3 is 0 Å². The third-order valence-corrected chi connectivity index (χ3v) is 1.44. The van der Waals surface area contributed by atoms with Crippen molar-refractivity contribution in [3.8, 4) is 0 Å². The van der Waals surface area contributed by atoms with Gasteiger partial charge in [0.05, 0.1) is 5.88 Å². The maximum absolute atomic E-state index is 11.8. The van der Waals surface area contributed by atoms with Crippen molar-refractivity contribution in [3.05, 3.63) is 5.82 Å². The van der Waals surface area contributed by atoms with Gasteiger partial charge in [-0.2, -0.15) is 15.0 Å². The molecule has 13 heavy (non-hydrogen) atoms. The summed E-state index contributed by atoms with van der Waals surface area (Å²) in [6.45, 7) is -0.354. The van der Waals surface area contributed by atoms with Crippen LogP contribution in [0, 0.1) is 0 Å². The van der Waals surface area contributed by atoms with Crippen molar-refractivity contribution >= 4 is 23.5 Å². The first kappa shape index (κ1) is 9.91. The fraction of sp³-hybridized carbons (Fsp3) is 0.500. The molecular weight excluding hydrogens is 197 g/mol. The SMILES string of the molecule is Nc1nc(CCl)nc(NCCF)n1. The molecule has 0 unspecified atom stereocenters. The van der Waals surface area contributed by atoms with Crippen molar-refractivity contribution in [3.63, 3.8) is 0 Å². The third kappa shape index (κ3) is 2.98. The normalized spacial score (nSPS) is 10.0. The van der Waals surface area contributed by atoms with Crippen LogP contribution in [0.15, 0.2) is 0 Å². The van der Waals surface area contributed by atoms with Crippen LogP contribution in [0.1, 0.15) is 5.82 Å². The number of hydrogen-bond acceptors (Lipinski definition) is 5. The number of halogens is 2. The van der Waals surface area contributed by atoms with Crippen LogP contribution < -0.4 is 11.1 Å². The molecule has 7 heteroatoms. The van der Waals surface area contributed by atoms with E-state index in [-0.39, 0.29) is 24.3 Å². The Hall–Kier alpha value is -1.17. The third-order valence-electron chi connectivity index (χ3n) is 1.20. The molecule has 0 saturated carbocycles. The highest BCUT2D eigenvalue weighted by molar-refractivity contribution is 6.16. The van der Waals surface area contributed by atoms with E-state index in [1.54, 1.807) is 0 Å². The highest BCUT2D eigenvalue weighted by atomic mass is 35.5. The Kier molecular flexibility index (Phi) is 3.63. The van der Waals surface area contributed by atoms with Gasteiger partial charge in [-0.05, 0) is 0 Å². The van der Waals surface area contributed by atoms with Crippen LogP contribution in [0.25, 0.3) is 0 Å². The summed E-state index contributed by atoms with van der Waals surface area (Å²) in [6, 6.07) is 0. The second-order valence-corrected chi connectivity index (χ2v) is 2.45. The van der Waals surface area contributed by atoms with Crippen molar-refractivity contribution < 1.29 is 4.39 Å². The van der Waals surface area contributed by atoms with E-state index in [4.69, 9.17) is 17.3 Å². The van der Waals surface area contributed by atoms with Gasteiger partial charge in [-0.3, -0.25) is 0 Å². The van der Waals surface area contributed by atoms with Crippen LogP contribution in [-0.4, -0.2) is 28.2 Å². The highest BCUT2D eigenvalue weighted by Crippen LogP contribution is 2.03. The number of anilines is 2. The maximum atomic E-state index is 11.8. The van der Waals surface area contributed by atoms with Crippen molar-refractivity contribution in [2.75, 3.05) is 24.3 Å². The second kappa shape index (κ2) is 4.76. The number of aromatic nitrogens is 3. The first-order valence-electron chi connectivity index (χ1n) is 3.62. The summed E-state index contributed by atoms with van der Waals surface area (Å²) in [5, 5.41) is 2.63. The first-order valence-corrected chi connectivity index (χ1v) is 4.16. The summed E-state index contributed by atoms with van der Waals surface area (Å²) >= 11 is 5.49. The van der Waals surface area contributed by atoms with Gasteiger partial charge < -0.3 is 11.1 Å². The molecule has 1 aromatic heterocycles. The van der Waals surface area contributed by atoms with Crippen LogP contribution in [-0.2, 0) is 5.88 Å². The molecule has 0 saturated heterocycles. The molecule has 72 valence electrons. The molecule has 1 heterocycles.